The highest BCUT2D eigenvalue weighted by molar-refractivity contribution is 7.09. The van der Waals surface area contributed by atoms with Crippen molar-refractivity contribution in [2.45, 2.75) is 19.9 Å². The van der Waals surface area contributed by atoms with Gasteiger partial charge in [-0.25, -0.2) is 4.98 Å². The number of thiazole rings is 1. The summed E-state index contributed by atoms with van der Waals surface area (Å²) in [5, 5.41) is 2.75. The van der Waals surface area contributed by atoms with Crippen molar-refractivity contribution in [3.63, 3.8) is 0 Å². The van der Waals surface area contributed by atoms with Crippen LogP contribution in [0.5, 0.6) is 0 Å². The van der Waals surface area contributed by atoms with Crippen LogP contribution in [-0.2, 0) is 27.3 Å². The Kier molecular flexibility index (Phi) is 6.35. The van der Waals surface area contributed by atoms with Crippen LogP contribution in [0.3, 0.4) is 0 Å². The van der Waals surface area contributed by atoms with E-state index in [1.165, 1.54) is 16.9 Å². The molecule has 0 saturated carbocycles. The van der Waals surface area contributed by atoms with Crippen LogP contribution in [0.4, 0.5) is 0 Å². The maximum Gasteiger partial charge on any atom is 0.312 e. The van der Waals surface area contributed by atoms with Crippen molar-refractivity contribution >= 4 is 23.2 Å². The molecule has 2 heterocycles. The smallest absolute Gasteiger partial charge is 0.312 e. The van der Waals surface area contributed by atoms with Gasteiger partial charge in [0.1, 0.15) is 0 Å². The molecule has 1 aromatic carbocycles. The number of aromatic nitrogens is 1. The molecular weight excluding hydrogens is 350 g/mol. The lowest BCUT2D eigenvalue weighted by Gasteiger charge is -2.34. The number of carbonyl (C=O) groups is 2. The van der Waals surface area contributed by atoms with Crippen LogP contribution in [0, 0.1) is 6.92 Å². The standard InChI is InChI=1S/C19H23N3O3S/c1-15-20-17(14-26-15)11-19(24)25-13-18(23)22-9-7-21(8-10-22)12-16-5-3-2-4-6-16/h2-6,14H,7-13H2,1H3. The maximum atomic E-state index is 12.2. The number of esters is 1. The highest BCUT2D eigenvalue weighted by atomic mass is 32.1. The summed E-state index contributed by atoms with van der Waals surface area (Å²) in [5.41, 5.74) is 1.97. The highest BCUT2D eigenvalue weighted by Gasteiger charge is 2.22. The molecule has 0 atom stereocenters. The molecule has 0 N–H and O–H groups in total. The van der Waals surface area contributed by atoms with Crippen LogP contribution in [-0.4, -0.2) is 59.4 Å². The fourth-order valence-corrected chi connectivity index (χ4v) is 3.53. The van der Waals surface area contributed by atoms with E-state index in [0.29, 0.717) is 18.8 Å². The first-order chi connectivity index (χ1) is 12.6. The summed E-state index contributed by atoms with van der Waals surface area (Å²) >= 11 is 1.50. The number of ether oxygens (including phenoxy) is 1. The van der Waals surface area contributed by atoms with Crippen LogP contribution in [0.25, 0.3) is 0 Å². The van der Waals surface area contributed by atoms with E-state index in [9.17, 15) is 9.59 Å². The van der Waals surface area contributed by atoms with Gasteiger partial charge < -0.3 is 9.64 Å². The SMILES string of the molecule is Cc1nc(CC(=O)OCC(=O)N2CCN(Cc3ccccc3)CC2)cs1. The van der Waals surface area contributed by atoms with Gasteiger partial charge in [0.2, 0.25) is 0 Å². The number of aryl methyl sites for hydroxylation is 1. The molecule has 138 valence electrons. The van der Waals surface area contributed by atoms with Crippen LogP contribution >= 0.6 is 11.3 Å². The first-order valence-corrected chi connectivity index (χ1v) is 9.59. The lowest BCUT2D eigenvalue weighted by molar-refractivity contribution is -0.152. The number of hydrogen-bond acceptors (Lipinski definition) is 6. The van der Waals surface area contributed by atoms with E-state index in [-0.39, 0.29) is 18.9 Å². The Balaban J connectivity index is 1.37. The number of hydrogen-bond donors (Lipinski definition) is 0. The minimum Gasteiger partial charge on any atom is -0.455 e. The van der Waals surface area contributed by atoms with E-state index >= 15 is 0 Å². The van der Waals surface area contributed by atoms with Gasteiger partial charge in [-0.15, -0.1) is 11.3 Å². The zero-order valence-corrected chi connectivity index (χ0v) is 15.7. The number of nitrogens with zero attached hydrogens (tertiary/aromatic N) is 3. The van der Waals surface area contributed by atoms with Crippen LogP contribution in [0.15, 0.2) is 35.7 Å². The molecule has 3 rings (SSSR count). The molecule has 0 spiro atoms. The van der Waals surface area contributed by atoms with Gasteiger partial charge >= 0.3 is 5.97 Å². The van der Waals surface area contributed by atoms with Gasteiger partial charge in [0.25, 0.3) is 5.91 Å². The number of benzene rings is 1. The fraction of sp³-hybridized carbons (Fsp3) is 0.421. The Morgan fingerprint density at radius 2 is 1.88 bits per heavy atom. The van der Waals surface area contributed by atoms with E-state index in [0.717, 1.165) is 24.6 Å². The van der Waals surface area contributed by atoms with E-state index in [1.807, 2.05) is 30.5 Å². The third-order valence-electron chi connectivity index (χ3n) is 4.32. The van der Waals surface area contributed by atoms with Gasteiger partial charge in [-0.1, -0.05) is 30.3 Å². The quantitative estimate of drug-likeness (QED) is 0.724. The summed E-state index contributed by atoms with van der Waals surface area (Å²) in [6.45, 7) is 5.56. The van der Waals surface area contributed by atoms with Crippen molar-refractivity contribution in [1.82, 2.24) is 14.8 Å². The summed E-state index contributed by atoms with van der Waals surface area (Å²) in [6, 6.07) is 10.3. The second-order valence-electron chi connectivity index (χ2n) is 6.34. The minimum absolute atomic E-state index is 0.114. The molecule has 1 aliphatic heterocycles. The minimum atomic E-state index is -0.411. The Morgan fingerprint density at radius 3 is 2.54 bits per heavy atom. The number of amides is 1. The van der Waals surface area contributed by atoms with Crippen LogP contribution in [0.2, 0.25) is 0 Å². The van der Waals surface area contributed by atoms with E-state index in [4.69, 9.17) is 4.74 Å². The van der Waals surface area contributed by atoms with E-state index in [1.54, 1.807) is 4.90 Å². The molecule has 0 bridgehead atoms. The van der Waals surface area contributed by atoms with Gasteiger partial charge in [0, 0.05) is 38.1 Å². The van der Waals surface area contributed by atoms with Gasteiger partial charge in [-0.05, 0) is 12.5 Å². The summed E-state index contributed by atoms with van der Waals surface area (Å²) in [6.07, 6.45) is 0.114. The fourth-order valence-electron chi connectivity index (χ4n) is 2.92. The Morgan fingerprint density at radius 1 is 1.15 bits per heavy atom. The molecule has 1 saturated heterocycles. The van der Waals surface area contributed by atoms with Crippen molar-refractivity contribution in [3.8, 4) is 0 Å². The molecule has 0 radical (unpaired) electrons. The van der Waals surface area contributed by atoms with Crippen molar-refractivity contribution in [2.24, 2.45) is 0 Å². The first kappa shape index (κ1) is 18.5. The molecule has 0 unspecified atom stereocenters. The highest BCUT2D eigenvalue weighted by Crippen LogP contribution is 2.10. The molecule has 6 nitrogen and oxygen atoms in total. The largest absolute Gasteiger partial charge is 0.455 e. The maximum absolute atomic E-state index is 12.2. The molecular formula is C19H23N3O3S. The molecule has 26 heavy (non-hydrogen) atoms. The molecule has 1 aromatic heterocycles. The Hall–Kier alpha value is -2.25. The second-order valence-corrected chi connectivity index (χ2v) is 7.40. The van der Waals surface area contributed by atoms with Gasteiger partial charge in [-0.2, -0.15) is 0 Å². The molecule has 1 amide bonds. The first-order valence-electron chi connectivity index (χ1n) is 8.71. The number of rotatable bonds is 6. The average molecular weight is 373 g/mol. The lowest BCUT2D eigenvalue weighted by Crippen LogP contribution is -2.49. The summed E-state index contributed by atoms with van der Waals surface area (Å²) in [5.74, 6) is -0.543. The Labute approximate surface area is 157 Å². The van der Waals surface area contributed by atoms with Gasteiger partial charge in [-0.3, -0.25) is 14.5 Å². The van der Waals surface area contributed by atoms with Crippen molar-refractivity contribution in [3.05, 3.63) is 52.0 Å². The number of carbonyl (C=O) groups excluding carboxylic acids is 2. The zero-order chi connectivity index (χ0) is 18.4. The zero-order valence-electron chi connectivity index (χ0n) is 14.9. The normalized spacial score (nSPS) is 15.0. The molecule has 2 aromatic rings. The summed E-state index contributed by atoms with van der Waals surface area (Å²) in [4.78, 5) is 32.4. The molecule has 0 aliphatic carbocycles. The van der Waals surface area contributed by atoms with Crippen molar-refractivity contribution < 1.29 is 14.3 Å². The summed E-state index contributed by atoms with van der Waals surface area (Å²) < 4.78 is 5.11. The third kappa shape index (κ3) is 5.37. The molecule has 1 fully saturated rings. The average Bonchev–Trinajstić information content (AvgIpc) is 3.06. The monoisotopic (exact) mass is 373 g/mol. The molecule has 1 aliphatic rings. The summed E-state index contributed by atoms with van der Waals surface area (Å²) in [7, 11) is 0. The predicted octanol–water partition coefficient (Wildman–Crippen LogP) is 1.88. The van der Waals surface area contributed by atoms with Gasteiger partial charge in [0.05, 0.1) is 17.1 Å². The van der Waals surface area contributed by atoms with Crippen LogP contribution < -0.4 is 0 Å². The van der Waals surface area contributed by atoms with Gasteiger partial charge in [0.15, 0.2) is 6.61 Å². The van der Waals surface area contributed by atoms with Crippen molar-refractivity contribution in [2.75, 3.05) is 32.8 Å². The van der Waals surface area contributed by atoms with Crippen molar-refractivity contribution in [1.29, 1.82) is 0 Å². The van der Waals surface area contributed by atoms with E-state index in [2.05, 4.69) is 22.0 Å². The molecule has 7 heteroatoms. The lowest BCUT2D eigenvalue weighted by atomic mass is 10.2. The Bertz CT molecular complexity index is 739. The second kappa shape index (κ2) is 8.91. The van der Waals surface area contributed by atoms with E-state index < -0.39 is 5.97 Å². The van der Waals surface area contributed by atoms with Crippen LogP contribution in [0.1, 0.15) is 16.3 Å². The third-order valence-corrected chi connectivity index (χ3v) is 5.14. The predicted molar refractivity (Wildman–Crippen MR) is 99.8 cm³/mol. The number of piperazine rings is 1. The topological polar surface area (TPSA) is 62.7 Å².